The molecule has 2 atom stereocenters. The monoisotopic (exact) mass is 319 g/mol. The second-order valence-electron chi connectivity index (χ2n) is 4.17. The SMILES string of the molecule is O=C(O)N1C[C@H](O)CC1c1cc(F)cc(Br)c1O. The van der Waals surface area contributed by atoms with Crippen LogP contribution in [0.25, 0.3) is 0 Å². The molecular formula is C11H11BrFNO4. The predicted octanol–water partition coefficient (Wildman–Crippen LogP) is 2.08. The zero-order valence-electron chi connectivity index (χ0n) is 9.18. The molecule has 1 aliphatic rings. The van der Waals surface area contributed by atoms with E-state index < -0.39 is 24.1 Å². The first kappa shape index (κ1) is 13.1. The van der Waals surface area contributed by atoms with Gasteiger partial charge in [0.05, 0.1) is 23.2 Å². The lowest BCUT2D eigenvalue weighted by atomic mass is 10.0. The van der Waals surface area contributed by atoms with Crippen molar-refractivity contribution in [3.8, 4) is 5.75 Å². The van der Waals surface area contributed by atoms with Crippen LogP contribution >= 0.6 is 15.9 Å². The summed E-state index contributed by atoms with van der Waals surface area (Å²) in [7, 11) is 0. The van der Waals surface area contributed by atoms with E-state index in [1.165, 1.54) is 0 Å². The number of benzene rings is 1. The van der Waals surface area contributed by atoms with Gasteiger partial charge in [0.1, 0.15) is 11.6 Å². The lowest BCUT2D eigenvalue weighted by molar-refractivity contribution is 0.131. The van der Waals surface area contributed by atoms with Crippen LogP contribution in [0.2, 0.25) is 0 Å². The van der Waals surface area contributed by atoms with Crippen LogP contribution in [-0.4, -0.2) is 39.0 Å². The lowest BCUT2D eigenvalue weighted by Gasteiger charge is -2.22. The molecule has 3 N–H and O–H groups in total. The first-order valence-electron chi connectivity index (χ1n) is 5.25. The Hall–Kier alpha value is -1.34. The Labute approximate surface area is 111 Å². The van der Waals surface area contributed by atoms with Gasteiger partial charge in [0.25, 0.3) is 0 Å². The number of phenols is 1. The highest BCUT2D eigenvalue weighted by Crippen LogP contribution is 2.40. The van der Waals surface area contributed by atoms with Crippen molar-refractivity contribution in [3.63, 3.8) is 0 Å². The van der Waals surface area contributed by atoms with Crippen molar-refractivity contribution < 1.29 is 24.5 Å². The van der Waals surface area contributed by atoms with E-state index in [-0.39, 0.29) is 28.8 Å². The summed E-state index contributed by atoms with van der Waals surface area (Å²) in [4.78, 5) is 12.0. The summed E-state index contributed by atoms with van der Waals surface area (Å²) in [5.74, 6) is -0.789. The quantitative estimate of drug-likeness (QED) is 0.740. The summed E-state index contributed by atoms with van der Waals surface area (Å²) >= 11 is 3.00. The number of hydrogen-bond donors (Lipinski definition) is 3. The molecule has 98 valence electrons. The molecule has 7 heteroatoms. The van der Waals surface area contributed by atoms with Crippen LogP contribution in [0.4, 0.5) is 9.18 Å². The number of aromatic hydroxyl groups is 1. The van der Waals surface area contributed by atoms with Crippen LogP contribution in [-0.2, 0) is 0 Å². The topological polar surface area (TPSA) is 81.0 Å². The highest BCUT2D eigenvalue weighted by Gasteiger charge is 2.37. The Balaban J connectivity index is 2.44. The molecule has 1 fully saturated rings. The van der Waals surface area contributed by atoms with Gasteiger partial charge in [-0.2, -0.15) is 0 Å². The van der Waals surface area contributed by atoms with E-state index >= 15 is 0 Å². The Kier molecular flexibility index (Phi) is 3.45. The molecule has 0 saturated carbocycles. The highest BCUT2D eigenvalue weighted by atomic mass is 79.9. The van der Waals surface area contributed by atoms with Crippen LogP contribution in [0.15, 0.2) is 16.6 Å². The summed E-state index contributed by atoms with van der Waals surface area (Å²) in [6, 6.07) is 1.43. The largest absolute Gasteiger partial charge is 0.506 e. The molecule has 1 aromatic carbocycles. The van der Waals surface area contributed by atoms with E-state index in [1.807, 2.05) is 0 Å². The number of amides is 1. The third kappa shape index (κ3) is 2.28. The van der Waals surface area contributed by atoms with Gasteiger partial charge in [0, 0.05) is 5.56 Å². The summed E-state index contributed by atoms with van der Waals surface area (Å²) < 4.78 is 13.5. The number of aliphatic hydroxyl groups excluding tert-OH is 1. The zero-order valence-corrected chi connectivity index (χ0v) is 10.8. The fourth-order valence-electron chi connectivity index (χ4n) is 2.16. The van der Waals surface area contributed by atoms with Crippen molar-refractivity contribution in [3.05, 3.63) is 28.0 Å². The normalized spacial score (nSPS) is 23.4. The fraction of sp³-hybridized carbons (Fsp3) is 0.364. The molecule has 0 aliphatic carbocycles. The maximum atomic E-state index is 13.3. The van der Waals surface area contributed by atoms with Crippen molar-refractivity contribution in [2.24, 2.45) is 0 Å². The number of aliphatic hydroxyl groups is 1. The number of hydrogen-bond acceptors (Lipinski definition) is 3. The predicted molar refractivity (Wildman–Crippen MR) is 63.9 cm³/mol. The third-order valence-electron chi connectivity index (χ3n) is 2.94. The van der Waals surface area contributed by atoms with Gasteiger partial charge in [-0.05, 0) is 34.5 Å². The Bertz CT molecular complexity index is 496. The van der Waals surface area contributed by atoms with Crippen LogP contribution in [0.1, 0.15) is 18.0 Å². The second kappa shape index (κ2) is 4.74. The average Bonchev–Trinajstić information content (AvgIpc) is 2.65. The number of halogens is 2. The summed E-state index contributed by atoms with van der Waals surface area (Å²) in [5.41, 5.74) is 0.154. The lowest BCUT2D eigenvalue weighted by Crippen LogP contribution is -2.30. The van der Waals surface area contributed by atoms with Gasteiger partial charge in [0.2, 0.25) is 0 Å². The number of carbonyl (C=O) groups is 1. The van der Waals surface area contributed by atoms with E-state index in [2.05, 4.69) is 15.9 Å². The molecule has 0 bridgehead atoms. The maximum absolute atomic E-state index is 13.3. The van der Waals surface area contributed by atoms with E-state index in [0.29, 0.717) is 0 Å². The van der Waals surface area contributed by atoms with Gasteiger partial charge in [-0.3, -0.25) is 4.90 Å². The number of nitrogens with zero attached hydrogens (tertiary/aromatic N) is 1. The van der Waals surface area contributed by atoms with Gasteiger partial charge in [-0.15, -0.1) is 0 Å². The standard InChI is InChI=1S/C11H11BrFNO4/c12-8-2-5(13)1-7(10(8)16)9-3-6(15)4-14(9)11(17)18/h1-2,6,9,15-16H,3-4H2,(H,17,18)/t6-,9?/m1/s1. The average molecular weight is 320 g/mol. The highest BCUT2D eigenvalue weighted by molar-refractivity contribution is 9.10. The molecule has 1 unspecified atom stereocenters. The zero-order chi connectivity index (χ0) is 13.4. The fourth-order valence-corrected chi connectivity index (χ4v) is 2.61. The van der Waals surface area contributed by atoms with E-state index in [4.69, 9.17) is 5.11 Å². The smallest absolute Gasteiger partial charge is 0.407 e. The molecule has 1 heterocycles. The summed E-state index contributed by atoms with van der Waals surface area (Å²) in [5, 5.41) is 28.4. The molecule has 0 radical (unpaired) electrons. The van der Waals surface area contributed by atoms with Crippen molar-refractivity contribution in [2.75, 3.05) is 6.54 Å². The molecule has 1 saturated heterocycles. The maximum Gasteiger partial charge on any atom is 0.407 e. The molecule has 18 heavy (non-hydrogen) atoms. The molecule has 1 amide bonds. The minimum Gasteiger partial charge on any atom is -0.506 e. The number of likely N-dealkylation sites (tertiary alicyclic amines) is 1. The van der Waals surface area contributed by atoms with E-state index in [1.54, 1.807) is 0 Å². The van der Waals surface area contributed by atoms with Gasteiger partial charge >= 0.3 is 6.09 Å². The second-order valence-corrected chi connectivity index (χ2v) is 5.02. The van der Waals surface area contributed by atoms with Gasteiger partial charge < -0.3 is 15.3 Å². The van der Waals surface area contributed by atoms with Gasteiger partial charge in [-0.25, -0.2) is 9.18 Å². The van der Waals surface area contributed by atoms with Crippen molar-refractivity contribution >= 4 is 22.0 Å². The first-order valence-corrected chi connectivity index (χ1v) is 6.05. The van der Waals surface area contributed by atoms with Crippen molar-refractivity contribution in [1.29, 1.82) is 0 Å². The summed E-state index contributed by atoms with van der Waals surface area (Å²) in [6.07, 6.45) is -1.89. The minimum absolute atomic E-state index is 0.0480. The number of rotatable bonds is 1. The molecular weight excluding hydrogens is 309 g/mol. The number of β-amino-alcohol motifs (C(OH)–C–C–N with tert-alkyl or cyclic N) is 1. The van der Waals surface area contributed by atoms with Gasteiger partial charge in [-0.1, -0.05) is 0 Å². The molecule has 0 spiro atoms. The first-order chi connectivity index (χ1) is 8.40. The Morgan fingerprint density at radius 2 is 2.17 bits per heavy atom. The Morgan fingerprint density at radius 3 is 2.78 bits per heavy atom. The number of phenolic OH excluding ortho intramolecular Hbond substituents is 1. The minimum atomic E-state index is -1.21. The Morgan fingerprint density at radius 1 is 1.50 bits per heavy atom. The molecule has 0 aromatic heterocycles. The van der Waals surface area contributed by atoms with Crippen molar-refractivity contribution in [2.45, 2.75) is 18.6 Å². The van der Waals surface area contributed by atoms with Crippen LogP contribution in [0, 0.1) is 5.82 Å². The molecule has 1 aromatic rings. The van der Waals surface area contributed by atoms with Gasteiger partial charge in [0.15, 0.2) is 0 Å². The van der Waals surface area contributed by atoms with E-state index in [0.717, 1.165) is 17.0 Å². The van der Waals surface area contributed by atoms with Crippen LogP contribution in [0.5, 0.6) is 5.75 Å². The molecule has 1 aliphatic heterocycles. The van der Waals surface area contributed by atoms with Crippen LogP contribution in [0.3, 0.4) is 0 Å². The molecule has 2 rings (SSSR count). The van der Waals surface area contributed by atoms with Crippen LogP contribution < -0.4 is 0 Å². The van der Waals surface area contributed by atoms with E-state index in [9.17, 15) is 19.4 Å². The number of carboxylic acid groups (broad SMARTS) is 1. The summed E-state index contributed by atoms with van der Waals surface area (Å²) in [6.45, 7) is -0.0480. The third-order valence-corrected chi connectivity index (χ3v) is 3.55. The molecule has 5 nitrogen and oxygen atoms in total. The van der Waals surface area contributed by atoms with Crippen molar-refractivity contribution in [1.82, 2.24) is 4.90 Å².